The lowest BCUT2D eigenvalue weighted by Crippen LogP contribution is -2.42. The quantitative estimate of drug-likeness (QED) is 0.591. The minimum Gasteiger partial charge on any atom is -0.465 e. The van der Waals surface area contributed by atoms with Crippen molar-refractivity contribution in [2.24, 2.45) is 5.92 Å². The Bertz CT molecular complexity index is 1190. The highest BCUT2D eigenvalue weighted by molar-refractivity contribution is 7.21. The van der Waals surface area contributed by atoms with Gasteiger partial charge < -0.3 is 14.1 Å². The molecular weight excluding hydrogens is 430 g/mol. The van der Waals surface area contributed by atoms with Crippen LogP contribution < -0.4 is 5.32 Å². The van der Waals surface area contributed by atoms with Crippen molar-refractivity contribution in [1.82, 2.24) is 9.88 Å². The van der Waals surface area contributed by atoms with Crippen LogP contribution in [0.25, 0.3) is 20.8 Å². The van der Waals surface area contributed by atoms with E-state index in [-0.39, 0.29) is 35.2 Å². The van der Waals surface area contributed by atoms with Gasteiger partial charge in [0.05, 0.1) is 28.8 Å². The number of thiazole rings is 1. The Morgan fingerprint density at radius 2 is 2.00 bits per heavy atom. The highest BCUT2D eigenvalue weighted by Gasteiger charge is 2.40. The summed E-state index contributed by atoms with van der Waals surface area (Å²) in [5, 5.41) is 3.34. The predicted molar refractivity (Wildman–Crippen MR) is 122 cm³/mol. The Hall–Kier alpha value is -3.20. The topological polar surface area (TPSA) is 102 Å². The number of anilines is 1. The van der Waals surface area contributed by atoms with Crippen LogP contribution in [0.3, 0.4) is 0 Å². The van der Waals surface area contributed by atoms with E-state index >= 15 is 0 Å². The van der Waals surface area contributed by atoms with Crippen LogP contribution in [0, 0.1) is 12.8 Å². The zero-order chi connectivity index (χ0) is 23.2. The fourth-order valence-electron chi connectivity index (χ4n) is 3.91. The Balaban J connectivity index is 1.71. The fraction of sp³-hybridized carbons (Fsp3) is 0.391. The molecule has 1 atom stereocenters. The van der Waals surface area contributed by atoms with Crippen molar-refractivity contribution >= 4 is 45.2 Å². The number of aryl methyl sites for hydroxylation is 1. The summed E-state index contributed by atoms with van der Waals surface area (Å²) in [7, 11) is 1.29. The Kier molecular flexibility index (Phi) is 5.54. The molecule has 8 nitrogen and oxygen atoms in total. The van der Waals surface area contributed by atoms with Crippen LogP contribution in [-0.4, -0.2) is 46.9 Å². The van der Waals surface area contributed by atoms with Gasteiger partial charge in [-0.1, -0.05) is 12.1 Å². The molecule has 0 radical (unpaired) electrons. The Morgan fingerprint density at radius 3 is 2.62 bits per heavy atom. The van der Waals surface area contributed by atoms with E-state index in [1.807, 2.05) is 45.0 Å². The van der Waals surface area contributed by atoms with Crippen LogP contribution >= 0.6 is 11.3 Å². The monoisotopic (exact) mass is 455 g/mol. The first-order chi connectivity index (χ1) is 15.1. The van der Waals surface area contributed by atoms with Gasteiger partial charge in [0.15, 0.2) is 0 Å². The number of esters is 1. The summed E-state index contributed by atoms with van der Waals surface area (Å²) >= 11 is 1.39. The number of para-hydroxylation sites is 1. The summed E-state index contributed by atoms with van der Waals surface area (Å²) in [5.41, 5.74) is 1.03. The molecule has 3 aromatic rings. The molecule has 1 saturated heterocycles. The van der Waals surface area contributed by atoms with E-state index in [9.17, 15) is 14.4 Å². The van der Waals surface area contributed by atoms with Crippen molar-refractivity contribution < 1.29 is 23.5 Å². The predicted octanol–water partition coefficient (Wildman–Crippen LogP) is 4.24. The molecule has 1 fully saturated rings. The first-order valence-electron chi connectivity index (χ1n) is 10.3. The van der Waals surface area contributed by atoms with Crippen LogP contribution in [-0.2, 0) is 14.3 Å². The van der Waals surface area contributed by atoms with Gasteiger partial charge in [0.25, 0.3) is 0 Å². The smallest absolute Gasteiger partial charge is 0.342 e. The minimum atomic E-state index is -0.573. The van der Waals surface area contributed by atoms with E-state index in [2.05, 4.69) is 10.3 Å². The standard InChI is InChI=1S/C23H25N3O5S/c1-12-17(22(29)30-5)18(21-24-14-8-6-7-9-15(14)32-21)20(31-12)25-19(28)13-10-16(27)26(11-13)23(2,3)4/h6-9,13H,10-11H2,1-5H3,(H,25,28). The maximum atomic E-state index is 13.1. The highest BCUT2D eigenvalue weighted by atomic mass is 32.1. The van der Waals surface area contributed by atoms with Crippen molar-refractivity contribution in [3.63, 3.8) is 0 Å². The summed E-state index contributed by atoms with van der Waals surface area (Å²) in [6.45, 7) is 7.78. The number of carbonyl (C=O) groups excluding carboxylic acids is 3. The molecule has 0 spiro atoms. The molecule has 3 heterocycles. The maximum Gasteiger partial charge on any atom is 0.342 e. The van der Waals surface area contributed by atoms with Gasteiger partial charge in [0.1, 0.15) is 16.3 Å². The van der Waals surface area contributed by atoms with Crippen LogP contribution in [0.15, 0.2) is 28.7 Å². The van der Waals surface area contributed by atoms with Crippen molar-refractivity contribution in [2.45, 2.75) is 39.7 Å². The lowest BCUT2D eigenvalue weighted by Gasteiger charge is -2.31. The van der Waals surface area contributed by atoms with Gasteiger partial charge in [-0.25, -0.2) is 9.78 Å². The molecule has 1 unspecified atom stereocenters. The molecule has 1 aliphatic heterocycles. The molecule has 32 heavy (non-hydrogen) atoms. The van der Waals surface area contributed by atoms with Gasteiger partial charge in [0, 0.05) is 18.5 Å². The van der Waals surface area contributed by atoms with Gasteiger partial charge in [-0.3, -0.25) is 14.9 Å². The number of likely N-dealkylation sites (tertiary alicyclic amines) is 1. The van der Waals surface area contributed by atoms with Crippen LogP contribution in [0.4, 0.5) is 5.88 Å². The molecule has 9 heteroatoms. The number of nitrogens with one attached hydrogen (secondary N) is 1. The molecule has 0 saturated carbocycles. The average molecular weight is 456 g/mol. The molecule has 1 aromatic carbocycles. The van der Waals surface area contributed by atoms with E-state index in [0.717, 1.165) is 10.2 Å². The van der Waals surface area contributed by atoms with Crippen molar-refractivity contribution in [3.8, 4) is 10.6 Å². The van der Waals surface area contributed by atoms with E-state index in [1.54, 1.807) is 11.8 Å². The zero-order valence-electron chi connectivity index (χ0n) is 18.6. The van der Waals surface area contributed by atoms with Gasteiger partial charge in [0.2, 0.25) is 17.7 Å². The molecule has 0 aliphatic carbocycles. The number of benzene rings is 1. The summed E-state index contributed by atoms with van der Waals surface area (Å²) in [5.74, 6) is -1.03. The first-order valence-corrected chi connectivity index (χ1v) is 11.1. The molecule has 1 aliphatic rings. The van der Waals surface area contributed by atoms with E-state index in [1.165, 1.54) is 18.4 Å². The molecule has 2 aromatic heterocycles. The third-order valence-corrected chi connectivity index (χ3v) is 6.58. The molecular formula is C23H25N3O5S. The highest BCUT2D eigenvalue weighted by Crippen LogP contribution is 2.41. The normalized spacial score (nSPS) is 16.6. The number of furan rings is 1. The number of nitrogens with zero attached hydrogens (tertiary/aromatic N) is 2. The number of amides is 2. The second kappa shape index (κ2) is 8.05. The van der Waals surface area contributed by atoms with Gasteiger partial charge in [-0.2, -0.15) is 0 Å². The van der Waals surface area contributed by atoms with E-state index in [0.29, 0.717) is 22.9 Å². The molecule has 1 N–H and O–H groups in total. The van der Waals surface area contributed by atoms with Crippen LogP contribution in [0.2, 0.25) is 0 Å². The van der Waals surface area contributed by atoms with Crippen molar-refractivity contribution in [1.29, 1.82) is 0 Å². The number of fused-ring (bicyclic) bond motifs is 1. The summed E-state index contributed by atoms with van der Waals surface area (Å²) in [6, 6.07) is 7.61. The van der Waals surface area contributed by atoms with Crippen molar-refractivity contribution in [3.05, 3.63) is 35.6 Å². The third-order valence-electron chi connectivity index (χ3n) is 5.52. The molecule has 2 amide bonds. The fourth-order valence-corrected chi connectivity index (χ4v) is 4.92. The summed E-state index contributed by atoms with van der Waals surface area (Å²) < 4.78 is 11.7. The molecule has 0 bridgehead atoms. The van der Waals surface area contributed by atoms with Crippen LogP contribution in [0.5, 0.6) is 0 Å². The van der Waals surface area contributed by atoms with Gasteiger partial charge in [-0.15, -0.1) is 11.3 Å². The van der Waals surface area contributed by atoms with E-state index < -0.39 is 11.9 Å². The number of hydrogen-bond acceptors (Lipinski definition) is 7. The second-order valence-electron chi connectivity index (χ2n) is 8.78. The number of ether oxygens (including phenoxy) is 1. The lowest BCUT2D eigenvalue weighted by molar-refractivity contribution is -0.131. The SMILES string of the molecule is COC(=O)c1c(C)oc(NC(=O)C2CC(=O)N(C(C)(C)C)C2)c1-c1nc2ccccc2s1. The van der Waals surface area contributed by atoms with Gasteiger partial charge >= 0.3 is 5.97 Å². The van der Waals surface area contributed by atoms with Crippen LogP contribution in [0.1, 0.15) is 43.3 Å². The number of methoxy groups -OCH3 is 1. The largest absolute Gasteiger partial charge is 0.465 e. The summed E-state index contributed by atoms with van der Waals surface area (Å²) in [6.07, 6.45) is 0.128. The van der Waals surface area contributed by atoms with E-state index in [4.69, 9.17) is 9.15 Å². The number of carbonyl (C=O) groups is 3. The molecule has 168 valence electrons. The minimum absolute atomic E-state index is 0.0603. The molecule has 4 rings (SSSR count). The maximum absolute atomic E-state index is 13.1. The number of rotatable bonds is 4. The second-order valence-corrected chi connectivity index (χ2v) is 9.81. The zero-order valence-corrected chi connectivity index (χ0v) is 19.5. The van der Waals surface area contributed by atoms with Gasteiger partial charge in [-0.05, 0) is 39.8 Å². The van der Waals surface area contributed by atoms with Crippen molar-refractivity contribution in [2.75, 3.05) is 19.0 Å². The average Bonchev–Trinajstić information content (AvgIpc) is 3.41. The third kappa shape index (κ3) is 3.88. The Labute approximate surface area is 189 Å². The first kappa shape index (κ1) is 22.0. The number of hydrogen-bond donors (Lipinski definition) is 1. The summed E-state index contributed by atoms with van der Waals surface area (Å²) in [4.78, 5) is 44.3. The Morgan fingerprint density at radius 1 is 1.28 bits per heavy atom. The number of aromatic nitrogens is 1. The lowest BCUT2D eigenvalue weighted by atomic mass is 10.1.